The molecule has 1 fully saturated rings. The first-order valence-electron chi connectivity index (χ1n) is 6.54. The number of hydrogen-bond acceptors (Lipinski definition) is 3. The molecule has 0 aliphatic carbocycles. The molecule has 106 valence electrons. The molecule has 1 saturated heterocycles. The molecular weight excluding hydrogens is 262 g/mol. The zero-order valence-electron chi connectivity index (χ0n) is 11.5. The summed E-state index contributed by atoms with van der Waals surface area (Å²) in [7, 11) is -3.24. The van der Waals surface area contributed by atoms with Crippen LogP contribution in [0.3, 0.4) is 0 Å². The van der Waals surface area contributed by atoms with Gasteiger partial charge in [0, 0.05) is 6.54 Å². The lowest BCUT2D eigenvalue weighted by Gasteiger charge is -2.40. The van der Waals surface area contributed by atoms with Gasteiger partial charge < -0.3 is 4.74 Å². The smallest absolute Gasteiger partial charge is 0.215 e. The van der Waals surface area contributed by atoms with E-state index in [1.165, 1.54) is 0 Å². The second kappa shape index (κ2) is 5.61. The van der Waals surface area contributed by atoms with Gasteiger partial charge in [-0.2, -0.15) is 4.31 Å². The number of hydrogen-bond donors (Lipinski definition) is 0. The van der Waals surface area contributed by atoms with Crippen molar-refractivity contribution in [1.82, 2.24) is 4.31 Å². The average molecular weight is 283 g/mol. The summed E-state index contributed by atoms with van der Waals surface area (Å²) in [6.07, 6.45) is 0.552. The molecule has 0 radical (unpaired) electrons. The Balaban J connectivity index is 2.06. The summed E-state index contributed by atoms with van der Waals surface area (Å²) < 4.78 is 31.8. The lowest BCUT2D eigenvalue weighted by Crippen LogP contribution is -2.56. The molecule has 4 nitrogen and oxygen atoms in total. The number of morpholine rings is 1. The Bertz CT molecular complexity index is 511. The summed E-state index contributed by atoms with van der Waals surface area (Å²) in [5.74, 6) is 0.153. The zero-order chi connectivity index (χ0) is 13.9. The van der Waals surface area contributed by atoms with Crippen molar-refractivity contribution in [2.24, 2.45) is 0 Å². The maximum Gasteiger partial charge on any atom is 0.215 e. The predicted octanol–water partition coefficient (Wildman–Crippen LogP) is 1.67. The minimum atomic E-state index is -3.24. The van der Waals surface area contributed by atoms with Crippen LogP contribution in [0.2, 0.25) is 0 Å². The van der Waals surface area contributed by atoms with Crippen LogP contribution in [0.1, 0.15) is 19.4 Å². The molecule has 0 N–H and O–H groups in total. The van der Waals surface area contributed by atoms with E-state index in [1.807, 2.05) is 44.2 Å². The summed E-state index contributed by atoms with van der Waals surface area (Å²) in [6, 6.07) is 9.71. The van der Waals surface area contributed by atoms with E-state index in [0.29, 0.717) is 26.2 Å². The Labute approximate surface area is 115 Å². The van der Waals surface area contributed by atoms with Crippen molar-refractivity contribution in [3.63, 3.8) is 0 Å². The van der Waals surface area contributed by atoms with Crippen LogP contribution in [0.15, 0.2) is 30.3 Å². The van der Waals surface area contributed by atoms with Crippen LogP contribution in [0.5, 0.6) is 0 Å². The standard InChI is InChI=1S/C14H21NO3S/c1-14(2)12-18-10-9-15(14)19(16,17)11-8-13-6-4-3-5-7-13/h3-7H,8-12H2,1-2H3. The third-order valence-corrected chi connectivity index (χ3v) is 5.46. The second-order valence-electron chi connectivity index (χ2n) is 5.49. The third-order valence-electron chi connectivity index (χ3n) is 3.40. The predicted molar refractivity (Wildman–Crippen MR) is 75.5 cm³/mol. The zero-order valence-corrected chi connectivity index (χ0v) is 12.3. The quantitative estimate of drug-likeness (QED) is 0.844. The van der Waals surface area contributed by atoms with E-state index in [4.69, 9.17) is 4.74 Å². The fourth-order valence-electron chi connectivity index (χ4n) is 2.36. The molecule has 5 heteroatoms. The van der Waals surface area contributed by atoms with Gasteiger partial charge in [-0.1, -0.05) is 30.3 Å². The van der Waals surface area contributed by atoms with Crippen molar-refractivity contribution in [3.05, 3.63) is 35.9 Å². The molecular formula is C14H21NO3S. The van der Waals surface area contributed by atoms with Gasteiger partial charge in [-0.3, -0.25) is 0 Å². The van der Waals surface area contributed by atoms with E-state index in [2.05, 4.69) is 0 Å². The fraction of sp³-hybridized carbons (Fsp3) is 0.571. The van der Waals surface area contributed by atoms with Gasteiger partial charge >= 0.3 is 0 Å². The summed E-state index contributed by atoms with van der Waals surface area (Å²) in [4.78, 5) is 0. The van der Waals surface area contributed by atoms with Gasteiger partial charge in [-0.25, -0.2) is 8.42 Å². The Morgan fingerprint density at radius 2 is 1.95 bits per heavy atom. The Morgan fingerprint density at radius 3 is 2.58 bits per heavy atom. The second-order valence-corrected chi connectivity index (χ2v) is 7.50. The molecule has 1 aliphatic heterocycles. The van der Waals surface area contributed by atoms with Crippen molar-refractivity contribution in [3.8, 4) is 0 Å². The number of ether oxygens (including phenoxy) is 1. The molecule has 1 aliphatic rings. The SMILES string of the molecule is CC1(C)COCCN1S(=O)(=O)CCc1ccccc1. The number of benzene rings is 1. The van der Waals surface area contributed by atoms with Crippen molar-refractivity contribution in [2.75, 3.05) is 25.5 Å². The fourth-order valence-corrected chi connectivity index (χ4v) is 4.23. The molecule has 1 aromatic carbocycles. The van der Waals surface area contributed by atoms with E-state index < -0.39 is 15.6 Å². The van der Waals surface area contributed by atoms with Crippen molar-refractivity contribution in [1.29, 1.82) is 0 Å². The summed E-state index contributed by atoms with van der Waals surface area (Å²) >= 11 is 0. The molecule has 2 rings (SSSR count). The minimum Gasteiger partial charge on any atom is -0.378 e. The van der Waals surface area contributed by atoms with Crippen molar-refractivity contribution < 1.29 is 13.2 Å². The van der Waals surface area contributed by atoms with Gasteiger partial charge in [0.25, 0.3) is 0 Å². The molecule has 1 heterocycles. The van der Waals surface area contributed by atoms with E-state index in [0.717, 1.165) is 5.56 Å². The van der Waals surface area contributed by atoms with E-state index in [1.54, 1.807) is 4.31 Å². The van der Waals surface area contributed by atoms with Gasteiger partial charge in [0.2, 0.25) is 10.0 Å². The number of rotatable bonds is 4. The normalized spacial score (nSPS) is 20.3. The van der Waals surface area contributed by atoms with Crippen LogP contribution >= 0.6 is 0 Å². The summed E-state index contributed by atoms with van der Waals surface area (Å²) in [6.45, 7) is 5.20. The molecule has 0 aromatic heterocycles. The number of aryl methyl sites for hydroxylation is 1. The van der Waals surface area contributed by atoms with Crippen molar-refractivity contribution in [2.45, 2.75) is 25.8 Å². The summed E-state index contributed by atoms with van der Waals surface area (Å²) in [5, 5.41) is 0. The highest BCUT2D eigenvalue weighted by Crippen LogP contribution is 2.23. The van der Waals surface area contributed by atoms with Gasteiger partial charge in [0.1, 0.15) is 0 Å². The largest absolute Gasteiger partial charge is 0.378 e. The van der Waals surface area contributed by atoms with Crippen LogP contribution in [-0.2, 0) is 21.2 Å². The van der Waals surface area contributed by atoms with E-state index >= 15 is 0 Å². The van der Waals surface area contributed by atoms with Crippen LogP contribution < -0.4 is 0 Å². The Kier molecular flexibility index (Phi) is 4.28. The first kappa shape index (κ1) is 14.5. The highest BCUT2D eigenvalue weighted by Gasteiger charge is 2.38. The topological polar surface area (TPSA) is 46.6 Å². The van der Waals surface area contributed by atoms with Crippen LogP contribution in [0.25, 0.3) is 0 Å². The maximum absolute atomic E-state index is 12.4. The molecule has 0 spiro atoms. The molecule has 19 heavy (non-hydrogen) atoms. The van der Waals surface area contributed by atoms with Gasteiger partial charge in [0.05, 0.1) is 24.5 Å². The highest BCUT2D eigenvalue weighted by molar-refractivity contribution is 7.89. The lowest BCUT2D eigenvalue weighted by molar-refractivity contribution is -0.00767. The monoisotopic (exact) mass is 283 g/mol. The van der Waals surface area contributed by atoms with Gasteiger partial charge in [0.15, 0.2) is 0 Å². The number of sulfonamides is 1. The van der Waals surface area contributed by atoms with Crippen LogP contribution in [0, 0.1) is 0 Å². The Hall–Kier alpha value is -0.910. The minimum absolute atomic E-state index is 0.153. The molecule has 0 amide bonds. The number of nitrogens with zero attached hydrogens (tertiary/aromatic N) is 1. The van der Waals surface area contributed by atoms with E-state index in [-0.39, 0.29) is 5.75 Å². The first-order chi connectivity index (χ1) is 8.92. The molecule has 0 saturated carbocycles. The lowest BCUT2D eigenvalue weighted by atomic mass is 10.1. The Morgan fingerprint density at radius 1 is 1.26 bits per heavy atom. The molecule has 0 atom stereocenters. The van der Waals surface area contributed by atoms with Crippen molar-refractivity contribution >= 4 is 10.0 Å². The average Bonchev–Trinajstić information content (AvgIpc) is 2.37. The van der Waals surface area contributed by atoms with E-state index in [9.17, 15) is 8.42 Å². The maximum atomic E-state index is 12.4. The van der Waals surface area contributed by atoms with Gasteiger partial charge in [-0.05, 0) is 25.8 Å². The summed E-state index contributed by atoms with van der Waals surface area (Å²) in [5.41, 5.74) is 0.602. The van der Waals surface area contributed by atoms with Crippen LogP contribution in [-0.4, -0.2) is 43.8 Å². The van der Waals surface area contributed by atoms with Gasteiger partial charge in [-0.15, -0.1) is 0 Å². The molecule has 0 unspecified atom stereocenters. The molecule has 0 bridgehead atoms. The highest BCUT2D eigenvalue weighted by atomic mass is 32.2. The third kappa shape index (κ3) is 3.55. The molecule has 1 aromatic rings. The first-order valence-corrected chi connectivity index (χ1v) is 8.15. The van der Waals surface area contributed by atoms with Crippen LogP contribution in [0.4, 0.5) is 0 Å².